The van der Waals surface area contributed by atoms with Crippen LogP contribution in [0.2, 0.25) is 0 Å². The molecule has 2 aliphatic rings. The van der Waals surface area contributed by atoms with Gasteiger partial charge in [-0.05, 0) is 30.5 Å². The smallest absolute Gasteiger partial charge is 0.322 e. The monoisotopic (exact) mass is 289 g/mol. The van der Waals surface area contributed by atoms with Crippen molar-refractivity contribution in [2.24, 2.45) is 0 Å². The number of carbonyl (C=O) groups excluding carboxylic acids is 3. The summed E-state index contributed by atoms with van der Waals surface area (Å²) in [6, 6.07) is 5.60. The average Bonchev–Trinajstić information content (AvgIpc) is 3.09. The van der Waals surface area contributed by atoms with E-state index in [1.165, 1.54) is 0 Å². The molecule has 7 heteroatoms. The lowest BCUT2D eigenvalue weighted by atomic mass is 10.1. The third kappa shape index (κ3) is 2.87. The van der Waals surface area contributed by atoms with E-state index >= 15 is 0 Å². The first-order valence-corrected chi connectivity index (χ1v) is 6.77. The molecule has 2 atom stereocenters. The topological polar surface area (TPSA) is 96.5 Å². The van der Waals surface area contributed by atoms with Crippen LogP contribution in [0.4, 0.5) is 10.5 Å². The Labute approximate surface area is 121 Å². The van der Waals surface area contributed by atoms with Gasteiger partial charge in [-0.2, -0.15) is 0 Å². The Morgan fingerprint density at radius 3 is 2.57 bits per heavy atom. The second kappa shape index (κ2) is 5.53. The Balaban J connectivity index is 1.65. The van der Waals surface area contributed by atoms with Crippen LogP contribution in [0.3, 0.4) is 0 Å². The summed E-state index contributed by atoms with van der Waals surface area (Å²) in [7, 11) is 0. The van der Waals surface area contributed by atoms with Gasteiger partial charge in [0.15, 0.2) is 0 Å². The number of ether oxygens (including phenoxy) is 1. The minimum Gasteiger partial charge on any atom is -0.368 e. The van der Waals surface area contributed by atoms with Crippen molar-refractivity contribution in [3.8, 4) is 0 Å². The summed E-state index contributed by atoms with van der Waals surface area (Å²) >= 11 is 0. The van der Waals surface area contributed by atoms with Gasteiger partial charge in [0.25, 0.3) is 11.8 Å². The molecule has 2 fully saturated rings. The molecular weight excluding hydrogens is 274 g/mol. The standard InChI is InChI=1S/C14H15N3O4/c18-12(10-2-1-7-21-10)15-9-5-3-8(4-6-9)11-13(19)17-14(20)16-11/h3-6,10-11H,1-2,7H2,(H,15,18)(H2,16,17,19,20). The molecule has 7 nitrogen and oxygen atoms in total. The number of hydrogen-bond acceptors (Lipinski definition) is 4. The van der Waals surface area contributed by atoms with E-state index in [-0.39, 0.29) is 17.9 Å². The van der Waals surface area contributed by atoms with Crippen LogP contribution in [-0.2, 0) is 14.3 Å². The number of benzene rings is 1. The van der Waals surface area contributed by atoms with Gasteiger partial charge in [0.05, 0.1) is 0 Å². The molecule has 2 unspecified atom stereocenters. The third-order valence-electron chi connectivity index (χ3n) is 3.51. The summed E-state index contributed by atoms with van der Waals surface area (Å²) in [4.78, 5) is 34.5. The Kier molecular flexibility index (Phi) is 3.57. The quantitative estimate of drug-likeness (QED) is 0.713. The highest BCUT2D eigenvalue weighted by Gasteiger charge is 2.30. The number of carbonyl (C=O) groups is 3. The lowest BCUT2D eigenvalue weighted by molar-refractivity contribution is -0.124. The zero-order valence-corrected chi connectivity index (χ0v) is 11.2. The summed E-state index contributed by atoms with van der Waals surface area (Å²) in [6.45, 7) is 0.619. The van der Waals surface area contributed by atoms with Crippen LogP contribution in [0.1, 0.15) is 24.4 Å². The molecular formula is C14H15N3O4. The number of urea groups is 1. The van der Waals surface area contributed by atoms with Crippen LogP contribution in [0.25, 0.3) is 0 Å². The minimum atomic E-state index is -0.680. The molecule has 4 amide bonds. The van der Waals surface area contributed by atoms with E-state index in [9.17, 15) is 14.4 Å². The van der Waals surface area contributed by atoms with Crippen LogP contribution in [0.5, 0.6) is 0 Å². The van der Waals surface area contributed by atoms with Crippen LogP contribution in [0, 0.1) is 0 Å². The lowest BCUT2D eigenvalue weighted by Gasteiger charge is -2.12. The van der Waals surface area contributed by atoms with Crippen LogP contribution < -0.4 is 16.0 Å². The van der Waals surface area contributed by atoms with E-state index in [0.29, 0.717) is 17.9 Å². The molecule has 3 N–H and O–H groups in total. The van der Waals surface area contributed by atoms with Gasteiger partial charge in [0.1, 0.15) is 12.1 Å². The Bertz CT molecular complexity index is 578. The SMILES string of the molecule is O=C1NC(=O)C(c2ccc(NC(=O)C3CCCO3)cc2)N1. The van der Waals surface area contributed by atoms with E-state index in [1.54, 1.807) is 24.3 Å². The number of anilines is 1. The van der Waals surface area contributed by atoms with Crippen molar-refractivity contribution in [3.05, 3.63) is 29.8 Å². The fourth-order valence-electron chi connectivity index (χ4n) is 2.42. The van der Waals surface area contributed by atoms with Gasteiger partial charge < -0.3 is 15.4 Å². The number of imide groups is 1. The summed E-state index contributed by atoms with van der Waals surface area (Å²) in [5.41, 5.74) is 1.29. The molecule has 1 aromatic carbocycles. The fraction of sp³-hybridized carbons (Fsp3) is 0.357. The van der Waals surface area contributed by atoms with Gasteiger partial charge in [-0.15, -0.1) is 0 Å². The van der Waals surface area contributed by atoms with E-state index in [2.05, 4.69) is 16.0 Å². The zero-order valence-electron chi connectivity index (χ0n) is 11.2. The normalized spacial score (nSPS) is 24.6. The third-order valence-corrected chi connectivity index (χ3v) is 3.51. The zero-order chi connectivity index (χ0) is 14.8. The van der Waals surface area contributed by atoms with Gasteiger partial charge in [-0.25, -0.2) is 4.79 Å². The maximum absolute atomic E-state index is 11.9. The number of amides is 4. The molecule has 1 aromatic rings. The Hall–Kier alpha value is -2.41. The Morgan fingerprint density at radius 2 is 2.00 bits per heavy atom. The number of nitrogens with one attached hydrogen (secondary N) is 3. The van der Waals surface area contributed by atoms with Crippen molar-refractivity contribution in [3.63, 3.8) is 0 Å². The van der Waals surface area contributed by atoms with Crippen molar-refractivity contribution in [2.75, 3.05) is 11.9 Å². The highest BCUT2D eigenvalue weighted by molar-refractivity contribution is 6.04. The Morgan fingerprint density at radius 1 is 1.24 bits per heavy atom. The second-order valence-electron chi connectivity index (χ2n) is 5.01. The van der Waals surface area contributed by atoms with Gasteiger partial charge in [0, 0.05) is 12.3 Å². The summed E-state index contributed by atoms with van der Waals surface area (Å²) in [5, 5.41) is 7.46. The van der Waals surface area contributed by atoms with Gasteiger partial charge in [-0.1, -0.05) is 12.1 Å². The molecule has 0 saturated carbocycles. The highest BCUT2D eigenvalue weighted by atomic mass is 16.5. The van der Waals surface area contributed by atoms with Crippen molar-refractivity contribution >= 4 is 23.5 Å². The van der Waals surface area contributed by atoms with Crippen molar-refractivity contribution < 1.29 is 19.1 Å². The highest BCUT2D eigenvalue weighted by Crippen LogP contribution is 2.20. The van der Waals surface area contributed by atoms with Crippen molar-refractivity contribution in [2.45, 2.75) is 25.0 Å². The van der Waals surface area contributed by atoms with Crippen molar-refractivity contribution in [1.29, 1.82) is 0 Å². The fourth-order valence-corrected chi connectivity index (χ4v) is 2.42. The van der Waals surface area contributed by atoms with Crippen LogP contribution >= 0.6 is 0 Å². The first-order chi connectivity index (χ1) is 10.1. The molecule has 0 aliphatic carbocycles. The molecule has 2 heterocycles. The molecule has 2 saturated heterocycles. The predicted molar refractivity (Wildman–Crippen MR) is 73.5 cm³/mol. The largest absolute Gasteiger partial charge is 0.368 e. The molecule has 2 aliphatic heterocycles. The van der Waals surface area contributed by atoms with E-state index in [1.807, 2.05) is 0 Å². The minimum absolute atomic E-state index is 0.160. The van der Waals surface area contributed by atoms with Crippen LogP contribution in [-0.4, -0.2) is 30.6 Å². The van der Waals surface area contributed by atoms with Gasteiger partial charge in [0.2, 0.25) is 0 Å². The molecule has 110 valence electrons. The molecule has 0 radical (unpaired) electrons. The van der Waals surface area contributed by atoms with Gasteiger partial charge in [-0.3, -0.25) is 14.9 Å². The molecule has 0 aromatic heterocycles. The summed E-state index contributed by atoms with van der Waals surface area (Å²) in [6.07, 6.45) is 1.25. The first-order valence-electron chi connectivity index (χ1n) is 6.77. The van der Waals surface area contributed by atoms with E-state index < -0.39 is 12.1 Å². The van der Waals surface area contributed by atoms with Crippen LogP contribution in [0.15, 0.2) is 24.3 Å². The van der Waals surface area contributed by atoms with E-state index in [4.69, 9.17) is 4.74 Å². The molecule has 0 spiro atoms. The second-order valence-corrected chi connectivity index (χ2v) is 5.01. The predicted octanol–water partition coefficient (Wildman–Crippen LogP) is 0.685. The maximum atomic E-state index is 11.9. The molecule has 3 rings (SSSR count). The molecule has 21 heavy (non-hydrogen) atoms. The van der Waals surface area contributed by atoms with Gasteiger partial charge >= 0.3 is 6.03 Å². The first kappa shape index (κ1) is 13.6. The summed E-state index contributed by atoms with van der Waals surface area (Å²) in [5.74, 6) is -0.539. The van der Waals surface area contributed by atoms with Crippen molar-refractivity contribution in [1.82, 2.24) is 10.6 Å². The lowest BCUT2D eigenvalue weighted by Crippen LogP contribution is -2.26. The van der Waals surface area contributed by atoms with E-state index in [0.717, 1.165) is 12.8 Å². The maximum Gasteiger partial charge on any atom is 0.322 e. The number of rotatable bonds is 3. The average molecular weight is 289 g/mol. The molecule has 0 bridgehead atoms. The summed E-state index contributed by atoms with van der Waals surface area (Å²) < 4.78 is 5.31. The number of hydrogen-bond donors (Lipinski definition) is 3.